The van der Waals surface area contributed by atoms with Gasteiger partial charge in [-0.05, 0) is 46.9 Å². The first-order valence-electron chi connectivity index (χ1n) is 11.3. The lowest BCUT2D eigenvalue weighted by molar-refractivity contribution is -0.140. The summed E-state index contributed by atoms with van der Waals surface area (Å²) in [5.74, 6) is -1.79. The van der Waals surface area contributed by atoms with Gasteiger partial charge in [0, 0.05) is 22.0 Å². The number of hydroxylamine groups is 1. The van der Waals surface area contributed by atoms with Gasteiger partial charge in [-0.3, -0.25) is 19.2 Å². The molecule has 1 heterocycles. The first-order valence-corrected chi connectivity index (χ1v) is 12.0. The number of ether oxygens (including phenoxy) is 1. The summed E-state index contributed by atoms with van der Waals surface area (Å²) in [4.78, 5) is 43.1. The SMILES string of the molecule is COC(=O)CCc1cccc(CONC(=O)[C@@H]2c3ccccc3C(=O)N[C@H]2c2ccc(Cl)cc2Cl)c1. The molecule has 1 aliphatic heterocycles. The molecule has 0 spiro atoms. The van der Waals surface area contributed by atoms with E-state index in [1.54, 1.807) is 42.5 Å². The van der Waals surface area contributed by atoms with Crippen LogP contribution in [0.3, 0.4) is 0 Å². The van der Waals surface area contributed by atoms with Crippen LogP contribution in [0.5, 0.6) is 0 Å². The summed E-state index contributed by atoms with van der Waals surface area (Å²) in [6, 6.07) is 18.7. The molecule has 0 bridgehead atoms. The summed E-state index contributed by atoms with van der Waals surface area (Å²) >= 11 is 12.5. The fraction of sp³-hybridized carbons (Fsp3) is 0.222. The number of aryl methyl sites for hydroxylation is 1. The minimum atomic E-state index is -0.788. The number of methoxy groups -OCH3 is 1. The monoisotopic (exact) mass is 526 g/mol. The Kier molecular flexibility index (Phi) is 8.25. The number of hydrogen-bond donors (Lipinski definition) is 2. The summed E-state index contributed by atoms with van der Waals surface area (Å²) in [7, 11) is 1.36. The number of carbonyl (C=O) groups is 3. The molecule has 3 aromatic carbocycles. The van der Waals surface area contributed by atoms with Gasteiger partial charge in [0.25, 0.3) is 11.8 Å². The third-order valence-electron chi connectivity index (χ3n) is 5.99. The largest absolute Gasteiger partial charge is 0.469 e. The van der Waals surface area contributed by atoms with Crippen LogP contribution in [0.15, 0.2) is 66.7 Å². The summed E-state index contributed by atoms with van der Waals surface area (Å²) in [5.41, 5.74) is 5.87. The average molecular weight is 527 g/mol. The highest BCUT2D eigenvalue weighted by molar-refractivity contribution is 6.35. The van der Waals surface area contributed by atoms with Crippen molar-refractivity contribution in [2.75, 3.05) is 7.11 Å². The van der Waals surface area contributed by atoms with Crippen LogP contribution < -0.4 is 10.8 Å². The van der Waals surface area contributed by atoms with E-state index in [2.05, 4.69) is 15.5 Å². The topological polar surface area (TPSA) is 93.7 Å². The van der Waals surface area contributed by atoms with E-state index in [0.29, 0.717) is 33.2 Å². The number of rotatable bonds is 8. The number of esters is 1. The Hall–Kier alpha value is -3.39. The molecule has 2 amide bonds. The van der Waals surface area contributed by atoms with E-state index in [9.17, 15) is 14.4 Å². The lowest BCUT2D eigenvalue weighted by Crippen LogP contribution is -2.44. The second-order valence-corrected chi connectivity index (χ2v) is 9.18. The molecule has 2 atom stereocenters. The molecule has 0 unspecified atom stereocenters. The van der Waals surface area contributed by atoms with Gasteiger partial charge in [-0.25, -0.2) is 5.48 Å². The van der Waals surface area contributed by atoms with Crippen molar-refractivity contribution >= 4 is 41.0 Å². The van der Waals surface area contributed by atoms with Gasteiger partial charge in [0.15, 0.2) is 0 Å². The zero-order valence-corrected chi connectivity index (χ0v) is 20.9. The molecule has 0 aliphatic carbocycles. The van der Waals surface area contributed by atoms with Gasteiger partial charge in [-0.1, -0.05) is 71.7 Å². The molecule has 1 aliphatic rings. The molecule has 2 N–H and O–H groups in total. The van der Waals surface area contributed by atoms with Crippen molar-refractivity contribution in [3.63, 3.8) is 0 Å². The van der Waals surface area contributed by atoms with Crippen molar-refractivity contribution in [1.82, 2.24) is 10.8 Å². The predicted octanol–water partition coefficient (Wildman–Crippen LogP) is 4.92. The van der Waals surface area contributed by atoms with Gasteiger partial charge in [-0.2, -0.15) is 0 Å². The molecule has 186 valence electrons. The van der Waals surface area contributed by atoms with Crippen LogP contribution in [-0.2, 0) is 32.2 Å². The van der Waals surface area contributed by atoms with Crippen LogP contribution in [-0.4, -0.2) is 24.9 Å². The van der Waals surface area contributed by atoms with Crippen molar-refractivity contribution in [3.8, 4) is 0 Å². The number of halogens is 2. The standard InChI is InChI=1S/C27H24Cl2N2O5/c1-35-23(32)12-9-16-5-4-6-17(13-16)15-36-31-27(34)24-19-7-2-3-8-20(19)26(33)30-25(24)21-11-10-18(28)14-22(21)29/h2-8,10-11,13-14,24-25H,9,12,15H2,1H3,(H,30,33)(H,31,34)/t24-,25+/m1/s1. The second kappa shape index (κ2) is 11.6. The fourth-order valence-electron chi connectivity index (χ4n) is 4.24. The number of amides is 2. The van der Waals surface area contributed by atoms with Gasteiger partial charge in [-0.15, -0.1) is 0 Å². The van der Waals surface area contributed by atoms with Gasteiger partial charge in [0.1, 0.15) is 0 Å². The van der Waals surface area contributed by atoms with E-state index in [4.69, 9.17) is 28.0 Å². The summed E-state index contributed by atoms with van der Waals surface area (Å²) < 4.78 is 4.68. The molecule has 9 heteroatoms. The van der Waals surface area contributed by atoms with Gasteiger partial charge < -0.3 is 10.1 Å². The first-order chi connectivity index (χ1) is 17.4. The second-order valence-electron chi connectivity index (χ2n) is 8.33. The molecule has 0 saturated carbocycles. The van der Waals surface area contributed by atoms with E-state index >= 15 is 0 Å². The van der Waals surface area contributed by atoms with E-state index in [1.165, 1.54) is 7.11 Å². The Bertz CT molecular complexity index is 1300. The lowest BCUT2D eigenvalue weighted by atomic mass is 9.80. The Morgan fingerprint density at radius 3 is 2.53 bits per heavy atom. The Balaban J connectivity index is 1.51. The Morgan fingerprint density at radius 1 is 0.972 bits per heavy atom. The first kappa shape index (κ1) is 25.7. The number of fused-ring (bicyclic) bond motifs is 1. The van der Waals surface area contributed by atoms with Crippen LogP contribution >= 0.6 is 23.2 Å². The Morgan fingerprint density at radius 2 is 1.75 bits per heavy atom. The minimum absolute atomic E-state index is 0.116. The lowest BCUT2D eigenvalue weighted by Gasteiger charge is -2.33. The van der Waals surface area contributed by atoms with Crippen LogP contribution in [0, 0.1) is 0 Å². The average Bonchev–Trinajstić information content (AvgIpc) is 2.87. The van der Waals surface area contributed by atoms with Crippen LogP contribution in [0.25, 0.3) is 0 Å². The Labute approximate surface area is 218 Å². The number of benzene rings is 3. The fourth-order valence-corrected chi connectivity index (χ4v) is 4.76. The molecule has 4 rings (SSSR count). The van der Waals surface area contributed by atoms with Crippen molar-refractivity contribution in [2.24, 2.45) is 0 Å². The summed E-state index contributed by atoms with van der Waals surface area (Å²) in [6.07, 6.45) is 0.813. The smallest absolute Gasteiger partial charge is 0.305 e. The van der Waals surface area contributed by atoms with E-state index in [1.807, 2.05) is 24.3 Å². The minimum Gasteiger partial charge on any atom is -0.469 e. The molecule has 0 aromatic heterocycles. The van der Waals surface area contributed by atoms with Crippen molar-refractivity contribution < 1.29 is 24.0 Å². The molecular weight excluding hydrogens is 503 g/mol. The normalized spacial score (nSPS) is 16.6. The molecule has 3 aromatic rings. The van der Waals surface area contributed by atoms with E-state index in [-0.39, 0.29) is 24.9 Å². The highest BCUT2D eigenvalue weighted by atomic mass is 35.5. The van der Waals surface area contributed by atoms with Crippen LogP contribution in [0.2, 0.25) is 10.0 Å². The van der Waals surface area contributed by atoms with E-state index < -0.39 is 17.9 Å². The number of nitrogens with one attached hydrogen (secondary N) is 2. The zero-order valence-electron chi connectivity index (χ0n) is 19.4. The van der Waals surface area contributed by atoms with Crippen molar-refractivity contribution in [1.29, 1.82) is 0 Å². The van der Waals surface area contributed by atoms with E-state index in [0.717, 1.165) is 11.1 Å². The number of carbonyl (C=O) groups excluding carboxylic acids is 3. The molecule has 0 saturated heterocycles. The third kappa shape index (κ3) is 5.87. The molecular formula is C27H24Cl2N2O5. The molecule has 0 radical (unpaired) electrons. The third-order valence-corrected chi connectivity index (χ3v) is 6.55. The van der Waals surface area contributed by atoms with Crippen LogP contribution in [0.1, 0.15) is 51.0 Å². The quantitative estimate of drug-likeness (QED) is 0.321. The van der Waals surface area contributed by atoms with Gasteiger partial charge in [0.2, 0.25) is 0 Å². The zero-order chi connectivity index (χ0) is 25.7. The van der Waals surface area contributed by atoms with Crippen LogP contribution in [0.4, 0.5) is 0 Å². The number of hydrogen-bond acceptors (Lipinski definition) is 5. The maximum atomic E-state index is 13.4. The highest BCUT2D eigenvalue weighted by Crippen LogP contribution is 2.40. The predicted molar refractivity (Wildman–Crippen MR) is 136 cm³/mol. The summed E-state index contributed by atoms with van der Waals surface area (Å²) in [6.45, 7) is 0.116. The highest BCUT2D eigenvalue weighted by Gasteiger charge is 2.40. The molecule has 0 fully saturated rings. The van der Waals surface area contributed by atoms with Gasteiger partial charge >= 0.3 is 5.97 Å². The van der Waals surface area contributed by atoms with Gasteiger partial charge in [0.05, 0.1) is 25.7 Å². The van der Waals surface area contributed by atoms with Crippen molar-refractivity contribution in [3.05, 3.63) is 105 Å². The molecule has 36 heavy (non-hydrogen) atoms. The maximum absolute atomic E-state index is 13.4. The summed E-state index contributed by atoms with van der Waals surface area (Å²) in [5, 5.41) is 3.69. The molecule has 7 nitrogen and oxygen atoms in total. The maximum Gasteiger partial charge on any atom is 0.305 e. The van der Waals surface area contributed by atoms with Crippen molar-refractivity contribution in [2.45, 2.75) is 31.4 Å².